The highest BCUT2D eigenvalue weighted by Gasteiger charge is 2.27. The molecular formula is C18H27NO. The Morgan fingerprint density at radius 2 is 1.80 bits per heavy atom. The minimum Gasteiger partial charge on any atom is -0.469 e. The highest BCUT2D eigenvalue weighted by molar-refractivity contribution is 6.01. The molecule has 2 atom stereocenters. The van der Waals surface area contributed by atoms with Crippen LogP contribution in [0.2, 0.25) is 0 Å². The quantitative estimate of drug-likeness (QED) is 0.739. The molecule has 2 nitrogen and oxygen atoms in total. The average Bonchev–Trinajstić information content (AvgIpc) is 2.80. The summed E-state index contributed by atoms with van der Waals surface area (Å²) in [6.07, 6.45) is 2.94. The Morgan fingerprint density at radius 3 is 2.25 bits per heavy atom. The van der Waals surface area contributed by atoms with Gasteiger partial charge in [-0.1, -0.05) is 20.8 Å². The van der Waals surface area contributed by atoms with E-state index < -0.39 is 0 Å². The van der Waals surface area contributed by atoms with Gasteiger partial charge in [-0.15, -0.1) is 0 Å². The lowest BCUT2D eigenvalue weighted by molar-refractivity contribution is 0.518. The molecule has 0 bridgehead atoms. The van der Waals surface area contributed by atoms with E-state index in [0.29, 0.717) is 17.9 Å². The molecule has 110 valence electrons. The predicted molar refractivity (Wildman–Crippen MR) is 85.6 cm³/mol. The van der Waals surface area contributed by atoms with Crippen LogP contribution < -0.4 is 0 Å². The van der Waals surface area contributed by atoms with Crippen LogP contribution in [0.1, 0.15) is 63.8 Å². The zero-order chi connectivity index (χ0) is 15.0. The van der Waals surface area contributed by atoms with E-state index in [0.717, 1.165) is 12.2 Å². The molecule has 0 fully saturated rings. The number of hydrogen-bond acceptors (Lipinski definition) is 2. The maximum atomic E-state index is 5.54. The molecule has 0 radical (unpaired) electrons. The molecule has 0 N–H and O–H groups in total. The Labute approximate surface area is 123 Å². The van der Waals surface area contributed by atoms with Gasteiger partial charge in [-0.2, -0.15) is 0 Å². The van der Waals surface area contributed by atoms with Gasteiger partial charge in [0.2, 0.25) is 0 Å². The summed E-state index contributed by atoms with van der Waals surface area (Å²) in [7, 11) is 0. The van der Waals surface area contributed by atoms with Crippen molar-refractivity contribution < 1.29 is 4.42 Å². The lowest BCUT2D eigenvalue weighted by atomic mass is 9.87. The molecule has 2 unspecified atom stereocenters. The van der Waals surface area contributed by atoms with Crippen molar-refractivity contribution in [3.8, 4) is 0 Å². The van der Waals surface area contributed by atoms with Crippen LogP contribution in [0.25, 0.3) is 0 Å². The summed E-state index contributed by atoms with van der Waals surface area (Å²) in [5.74, 6) is 2.10. The van der Waals surface area contributed by atoms with E-state index in [4.69, 9.17) is 9.41 Å². The normalized spacial score (nSPS) is 20.8. The van der Waals surface area contributed by atoms with E-state index >= 15 is 0 Å². The summed E-state index contributed by atoms with van der Waals surface area (Å²) in [5, 5.41) is 0. The number of aliphatic imine (C=N–C) groups is 1. The van der Waals surface area contributed by atoms with Crippen LogP contribution in [0.4, 0.5) is 0 Å². The fraction of sp³-hybridized carbons (Fsp3) is 0.611. The van der Waals surface area contributed by atoms with Crippen LogP contribution in [-0.2, 0) is 0 Å². The summed E-state index contributed by atoms with van der Waals surface area (Å²) in [6, 6.07) is 0.344. The second kappa shape index (κ2) is 5.59. The van der Waals surface area contributed by atoms with Gasteiger partial charge in [0, 0.05) is 5.71 Å². The first kappa shape index (κ1) is 15.1. The van der Waals surface area contributed by atoms with Gasteiger partial charge < -0.3 is 4.42 Å². The molecule has 1 aliphatic heterocycles. The van der Waals surface area contributed by atoms with E-state index in [9.17, 15) is 0 Å². The molecule has 0 spiro atoms. The summed E-state index contributed by atoms with van der Waals surface area (Å²) >= 11 is 0. The van der Waals surface area contributed by atoms with E-state index in [1.54, 1.807) is 0 Å². The van der Waals surface area contributed by atoms with E-state index in [2.05, 4.69) is 48.5 Å². The van der Waals surface area contributed by atoms with Crippen molar-refractivity contribution in [1.82, 2.24) is 0 Å². The Morgan fingerprint density at radius 1 is 1.15 bits per heavy atom. The molecule has 0 saturated heterocycles. The van der Waals surface area contributed by atoms with Gasteiger partial charge in [0.05, 0.1) is 12.3 Å². The summed E-state index contributed by atoms with van der Waals surface area (Å²) in [6.45, 7) is 15.4. The van der Waals surface area contributed by atoms with Gasteiger partial charge in [0.1, 0.15) is 5.76 Å². The molecule has 0 saturated carbocycles. The first-order chi connectivity index (χ1) is 9.32. The minimum absolute atomic E-state index is 0.344. The van der Waals surface area contributed by atoms with Gasteiger partial charge in [-0.3, -0.25) is 4.99 Å². The minimum atomic E-state index is 0.344. The van der Waals surface area contributed by atoms with Gasteiger partial charge >= 0.3 is 0 Å². The second-order valence-electron chi connectivity index (χ2n) is 6.51. The van der Waals surface area contributed by atoms with Gasteiger partial charge in [0.25, 0.3) is 0 Å². The molecule has 1 aromatic heterocycles. The van der Waals surface area contributed by atoms with Crippen molar-refractivity contribution in [1.29, 1.82) is 0 Å². The number of furan rings is 1. The van der Waals surface area contributed by atoms with Gasteiger partial charge in [0.15, 0.2) is 0 Å². The molecule has 0 aromatic carbocycles. The molecule has 2 heteroatoms. The Kier molecular flexibility index (Phi) is 4.22. The van der Waals surface area contributed by atoms with E-state index in [-0.39, 0.29) is 0 Å². The summed E-state index contributed by atoms with van der Waals surface area (Å²) in [5.41, 5.74) is 6.78. The molecule has 1 aromatic rings. The fourth-order valence-electron chi connectivity index (χ4n) is 3.74. The van der Waals surface area contributed by atoms with E-state index in [1.807, 2.05) is 6.26 Å². The number of aryl methyl sites for hydroxylation is 2. The Bertz CT molecular complexity index is 540. The van der Waals surface area contributed by atoms with Crippen molar-refractivity contribution in [2.24, 2.45) is 10.9 Å². The lowest BCUT2D eigenvalue weighted by Gasteiger charge is -2.17. The first-order valence-corrected chi connectivity index (χ1v) is 7.62. The fourth-order valence-corrected chi connectivity index (χ4v) is 3.74. The molecule has 1 aliphatic rings. The first-order valence-electron chi connectivity index (χ1n) is 7.62. The zero-order valence-corrected chi connectivity index (χ0v) is 13.9. The van der Waals surface area contributed by atoms with Crippen LogP contribution in [0, 0.1) is 19.8 Å². The highest BCUT2D eigenvalue weighted by Crippen LogP contribution is 2.35. The SMILES string of the molecule is CC1=NC(CC(C)c2c(C)coc2C)C(C)=C1C(C)C. The molecule has 0 amide bonds. The zero-order valence-electron chi connectivity index (χ0n) is 13.9. The standard InChI is InChI=1S/C18H27NO/c1-10(2)17-13(5)16(19-14(17)6)8-11(3)18-12(4)9-20-15(18)7/h9-11,16H,8H2,1-7H3. The van der Waals surface area contributed by atoms with Crippen LogP contribution in [0.3, 0.4) is 0 Å². The van der Waals surface area contributed by atoms with Crippen LogP contribution in [-0.4, -0.2) is 11.8 Å². The Hall–Kier alpha value is -1.31. The largest absolute Gasteiger partial charge is 0.469 e. The molecular weight excluding hydrogens is 246 g/mol. The maximum Gasteiger partial charge on any atom is 0.104 e. The number of hydrogen-bond donors (Lipinski definition) is 0. The van der Waals surface area contributed by atoms with Crippen molar-refractivity contribution in [3.63, 3.8) is 0 Å². The molecule has 2 rings (SSSR count). The second-order valence-corrected chi connectivity index (χ2v) is 6.51. The van der Waals surface area contributed by atoms with Gasteiger partial charge in [-0.05, 0) is 68.2 Å². The Balaban J connectivity index is 2.20. The third-order valence-corrected chi connectivity index (χ3v) is 4.53. The van der Waals surface area contributed by atoms with E-state index in [1.165, 1.54) is 28.0 Å². The third kappa shape index (κ3) is 2.61. The third-order valence-electron chi connectivity index (χ3n) is 4.53. The number of nitrogens with zero attached hydrogens (tertiary/aromatic N) is 1. The van der Waals surface area contributed by atoms with Gasteiger partial charge in [-0.25, -0.2) is 0 Å². The smallest absolute Gasteiger partial charge is 0.104 e. The highest BCUT2D eigenvalue weighted by atomic mass is 16.3. The molecule has 20 heavy (non-hydrogen) atoms. The molecule has 2 heterocycles. The summed E-state index contributed by atoms with van der Waals surface area (Å²) in [4.78, 5) is 4.89. The average molecular weight is 273 g/mol. The van der Waals surface area contributed by atoms with Crippen molar-refractivity contribution in [2.75, 3.05) is 0 Å². The van der Waals surface area contributed by atoms with Crippen LogP contribution in [0.15, 0.2) is 26.8 Å². The number of rotatable bonds is 4. The van der Waals surface area contributed by atoms with Crippen molar-refractivity contribution in [3.05, 3.63) is 34.3 Å². The van der Waals surface area contributed by atoms with Crippen LogP contribution in [0.5, 0.6) is 0 Å². The summed E-state index contributed by atoms with van der Waals surface area (Å²) < 4.78 is 5.54. The molecule has 0 aliphatic carbocycles. The number of allylic oxidation sites excluding steroid dienone is 1. The monoisotopic (exact) mass is 273 g/mol. The lowest BCUT2D eigenvalue weighted by Crippen LogP contribution is -2.10. The van der Waals surface area contributed by atoms with Crippen LogP contribution >= 0.6 is 0 Å². The van der Waals surface area contributed by atoms with Crippen molar-refractivity contribution >= 4 is 5.71 Å². The topological polar surface area (TPSA) is 25.5 Å². The van der Waals surface area contributed by atoms with Crippen molar-refractivity contribution in [2.45, 2.75) is 66.8 Å². The predicted octanol–water partition coefficient (Wildman–Crippen LogP) is 5.21. The maximum absolute atomic E-state index is 5.54.